The summed E-state index contributed by atoms with van der Waals surface area (Å²) in [5.41, 5.74) is 3.10. The Morgan fingerprint density at radius 2 is 1.86 bits per heavy atom. The highest BCUT2D eigenvalue weighted by Gasteiger charge is 2.11. The van der Waals surface area contributed by atoms with Gasteiger partial charge in [0.15, 0.2) is 0 Å². The number of carboxylic acid groups (broad SMARTS) is 1. The highest BCUT2D eigenvalue weighted by atomic mass is 16.4. The molecule has 0 unspecified atom stereocenters. The van der Waals surface area contributed by atoms with Crippen LogP contribution >= 0.6 is 0 Å². The summed E-state index contributed by atoms with van der Waals surface area (Å²) in [5.74, 6) is -0.199. The van der Waals surface area contributed by atoms with Gasteiger partial charge in [-0.05, 0) is 42.7 Å². The predicted octanol–water partition coefficient (Wildman–Crippen LogP) is 2.48. The van der Waals surface area contributed by atoms with Gasteiger partial charge in [0.05, 0.1) is 12.8 Å². The smallest absolute Gasteiger partial charge is 0.123 e. The first kappa shape index (κ1) is 14.2. The number of aryl methyl sites for hydroxylation is 1. The van der Waals surface area contributed by atoms with Crippen molar-refractivity contribution in [3.05, 3.63) is 72.3 Å². The summed E-state index contributed by atoms with van der Waals surface area (Å²) in [6, 6.07) is 17.8. The van der Waals surface area contributed by atoms with Crippen LogP contribution in [-0.4, -0.2) is 10.5 Å². The number of furan rings is 1. The molecule has 0 aliphatic heterocycles. The van der Waals surface area contributed by atoms with Crippen molar-refractivity contribution in [3.63, 3.8) is 0 Å². The summed E-state index contributed by atoms with van der Waals surface area (Å²) < 4.78 is 7.52. The Morgan fingerprint density at radius 3 is 2.55 bits per heavy atom. The Balaban J connectivity index is 1.97. The maximum Gasteiger partial charge on any atom is 0.123 e. The molecular weight excluding hydrogens is 278 g/mol. The third-order valence-electron chi connectivity index (χ3n) is 3.62. The molecule has 0 saturated carbocycles. The first-order valence-electron chi connectivity index (χ1n) is 7.20. The van der Waals surface area contributed by atoms with E-state index in [0.29, 0.717) is 13.0 Å². The molecule has 0 aliphatic rings. The molecule has 2 aromatic heterocycles. The quantitative estimate of drug-likeness (QED) is 0.701. The number of carbonyl (C=O) groups is 1. The van der Waals surface area contributed by atoms with Crippen molar-refractivity contribution in [2.75, 3.05) is 0 Å². The third-order valence-corrected chi connectivity index (χ3v) is 3.62. The zero-order valence-corrected chi connectivity index (χ0v) is 12.1. The largest absolute Gasteiger partial charge is 0.550 e. The second kappa shape index (κ2) is 6.35. The lowest BCUT2D eigenvalue weighted by atomic mass is 10.1. The van der Waals surface area contributed by atoms with Gasteiger partial charge in [0, 0.05) is 17.4 Å². The van der Waals surface area contributed by atoms with Gasteiger partial charge in [-0.3, -0.25) is 0 Å². The molecule has 4 nitrogen and oxygen atoms in total. The second-order valence-electron chi connectivity index (χ2n) is 5.11. The minimum absolute atomic E-state index is 0.0103. The SMILES string of the molecule is O=C([O-])CCc1ccc(-c2ccccc2)n1Cc1ccco1. The fourth-order valence-corrected chi connectivity index (χ4v) is 2.56. The molecule has 2 heterocycles. The van der Waals surface area contributed by atoms with Gasteiger partial charge in [0.1, 0.15) is 5.76 Å². The lowest BCUT2D eigenvalue weighted by molar-refractivity contribution is -0.305. The number of rotatable bonds is 6. The van der Waals surface area contributed by atoms with Crippen LogP contribution in [0.2, 0.25) is 0 Å². The molecule has 0 atom stereocenters. The fourth-order valence-electron chi connectivity index (χ4n) is 2.56. The first-order chi connectivity index (χ1) is 10.7. The van der Waals surface area contributed by atoms with Gasteiger partial charge < -0.3 is 18.9 Å². The van der Waals surface area contributed by atoms with E-state index < -0.39 is 5.97 Å². The number of nitrogens with zero attached hydrogens (tertiary/aromatic N) is 1. The van der Waals surface area contributed by atoms with Gasteiger partial charge in [0.25, 0.3) is 0 Å². The molecule has 0 saturated heterocycles. The lowest BCUT2D eigenvalue weighted by Gasteiger charge is -2.13. The monoisotopic (exact) mass is 294 g/mol. The van der Waals surface area contributed by atoms with Crippen molar-refractivity contribution in [2.45, 2.75) is 19.4 Å². The van der Waals surface area contributed by atoms with E-state index in [2.05, 4.69) is 4.57 Å². The summed E-state index contributed by atoms with van der Waals surface area (Å²) in [6.07, 6.45) is 2.09. The molecule has 3 rings (SSSR count). The van der Waals surface area contributed by atoms with Crippen LogP contribution in [0.25, 0.3) is 11.3 Å². The van der Waals surface area contributed by atoms with Crippen LogP contribution in [-0.2, 0) is 17.8 Å². The van der Waals surface area contributed by atoms with Crippen LogP contribution in [0.15, 0.2) is 65.3 Å². The highest BCUT2D eigenvalue weighted by Crippen LogP contribution is 2.24. The van der Waals surface area contributed by atoms with Crippen molar-refractivity contribution < 1.29 is 14.3 Å². The van der Waals surface area contributed by atoms with Crippen molar-refractivity contribution in [1.29, 1.82) is 0 Å². The van der Waals surface area contributed by atoms with Crippen LogP contribution in [0.3, 0.4) is 0 Å². The molecule has 0 aliphatic carbocycles. The Labute approximate surface area is 128 Å². The third kappa shape index (κ3) is 3.11. The summed E-state index contributed by atoms with van der Waals surface area (Å²) in [5, 5.41) is 10.7. The average molecular weight is 294 g/mol. The van der Waals surface area contributed by atoms with Gasteiger partial charge in [-0.15, -0.1) is 0 Å². The molecule has 22 heavy (non-hydrogen) atoms. The first-order valence-corrected chi connectivity index (χ1v) is 7.20. The molecule has 0 radical (unpaired) electrons. The molecule has 1 aromatic carbocycles. The van der Waals surface area contributed by atoms with Gasteiger partial charge >= 0.3 is 0 Å². The van der Waals surface area contributed by atoms with E-state index in [4.69, 9.17) is 4.42 Å². The Bertz CT molecular complexity index is 742. The number of hydrogen-bond acceptors (Lipinski definition) is 3. The lowest BCUT2D eigenvalue weighted by Crippen LogP contribution is -2.23. The molecule has 4 heteroatoms. The maximum absolute atomic E-state index is 10.7. The number of aromatic nitrogens is 1. The van der Waals surface area contributed by atoms with Crippen LogP contribution in [0.4, 0.5) is 0 Å². The van der Waals surface area contributed by atoms with Crippen LogP contribution in [0.5, 0.6) is 0 Å². The Kier molecular flexibility index (Phi) is 4.10. The van der Waals surface area contributed by atoms with Gasteiger partial charge in [0.2, 0.25) is 0 Å². The molecule has 3 aromatic rings. The van der Waals surface area contributed by atoms with E-state index in [9.17, 15) is 9.90 Å². The fraction of sp³-hybridized carbons (Fsp3) is 0.167. The van der Waals surface area contributed by atoms with Crippen molar-refractivity contribution in [3.8, 4) is 11.3 Å². The normalized spacial score (nSPS) is 10.7. The van der Waals surface area contributed by atoms with E-state index >= 15 is 0 Å². The molecule has 0 fully saturated rings. The number of benzene rings is 1. The summed E-state index contributed by atoms with van der Waals surface area (Å²) in [6.45, 7) is 0.576. The molecule has 0 bridgehead atoms. The number of aliphatic carboxylic acids is 1. The highest BCUT2D eigenvalue weighted by molar-refractivity contribution is 5.65. The van der Waals surface area contributed by atoms with Crippen LogP contribution < -0.4 is 5.11 Å². The number of carboxylic acids is 1. The molecule has 0 N–H and O–H groups in total. The Morgan fingerprint density at radius 1 is 1.05 bits per heavy atom. The summed E-state index contributed by atoms with van der Waals surface area (Å²) in [4.78, 5) is 10.7. The van der Waals surface area contributed by atoms with E-state index in [1.54, 1.807) is 6.26 Å². The van der Waals surface area contributed by atoms with Gasteiger partial charge in [-0.1, -0.05) is 30.3 Å². The second-order valence-corrected chi connectivity index (χ2v) is 5.11. The molecule has 0 amide bonds. The maximum atomic E-state index is 10.7. The van der Waals surface area contributed by atoms with E-state index in [1.165, 1.54) is 0 Å². The standard InChI is InChI=1S/C18H17NO3/c20-18(21)11-9-15-8-10-17(14-5-2-1-3-6-14)19(15)13-16-7-4-12-22-16/h1-8,10,12H,9,11,13H2,(H,20,21)/p-1. The van der Waals surface area contributed by atoms with Crippen molar-refractivity contribution >= 4 is 5.97 Å². The summed E-state index contributed by atoms with van der Waals surface area (Å²) >= 11 is 0. The minimum Gasteiger partial charge on any atom is -0.550 e. The molecule has 0 spiro atoms. The zero-order chi connectivity index (χ0) is 15.4. The number of carbonyl (C=O) groups excluding carboxylic acids is 1. The van der Waals surface area contributed by atoms with E-state index in [0.717, 1.165) is 22.7 Å². The van der Waals surface area contributed by atoms with Crippen molar-refractivity contribution in [1.82, 2.24) is 4.57 Å². The topological polar surface area (TPSA) is 58.2 Å². The van der Waals surface area contributed by atoms with E-state index in [1.807, 2.05) is 54.6 Å². The Hall–Kier alpha value is -2.75. The molecular formula is C18H16NO3-. The molecule has 112 valence electrons. The zero-order valence-electron chi connectivity index (χ0n) is 12.1. The van der Waals surface area contributed by atoms with Crippen LogP contribution in [0, 0.1) is 0 Å². The van der Waals surface area contributed by atoms with Crippen molar-refractivity contribution in [2.24, 2.45) is 0 Å². The van der Waals surface area contributed by atoms with E-state index in [-0.39, 0.29) is 6.42 Å². The minimum atomic E-state index is -1.04. The number of hydrogen-bond donors (Lipinski definition) is 0. The predicted molar refractivity (Wildman–Crippen MR) is 81.0 cm³/mol. The average Bonchev–Trinajstić information content (AvgIpc) is 3.16. The van der Waals surface area contributed by atoms with Gasteiger partial charge in [-0.2, -0.15) is 0 Å². The van der Waals surface area contributed by atoms with Gasteiger partial charge in [-0.25, -0.2) is 0 Å². The summed E-state index contributed by atoms with van der Waals surface area (Å²) in [7, 11) is 0. The van der Waals surface area contributed by atoms with Crippen LogP contribution in [0.1, 0.15) is 17.9 Å².